The number of nitrogens with zero attached hydrogens (tertiary/aromatic N) is 3. The molecule has 0 spiro atoms. The third-order valence-corrected chi connectivity index (χ3v) is 3.49. The van der Waals surface area contributed by atoms with Crippen LogP contribution < -0.4 is 10.1 Å². The van der Waals surface area contributed by atoms with Crippen LogP contribution in [-0.2, 0) is 0 Å². The van der Waals surface area contributed by atoms with E-state index < -0.39 is 0 Å². The van der Waals surface area contributed by atoms with Crippen LogP contribution in [0.25, 0.3) is 0 Å². The molecule has 0 aromatic carbocycles. The van der Waals surface area contributed by atoms with Crippen LogP contribution in [0.2, 0.25) is 0 Å². The Morgan fingerprint density at radius 3 is 3.11 bits per heavy atom. The first-order valence-electron chi connectivity index (χ1n) is 5.49. The number of hydrogen-bond acceptors (Lipinski definition) is 6. The number of aromatic nitrogens is 4. The molecule has 1 fully saturated rings. The molecule has 94 valence electrons. The molecule has 1 amide bonds. The lowest BCUT2D eigenvalue weighted by Crippen LogP contribution is -2.13. The first-order valence-corrected chi connectivity index (χ1v) is 6.37. The lowest BCUT2D eigenvalue weighted by molar-refractivity contribution is 0.102. The minimum Gasteiger partial charge on any atom is -0.466 e. The first-order chi connectivity index (χ1) is 8.78. The smallest absolute Gasteiger partial charge is 0.336 e. The number of amides is 1. The average Bonchev–Trinajstić information content (AvgIpc) is 2.93. The largest absolute Gasteiger partial charge is 0.466 e. The summed E-state index contributed by atoms with van der Waals surface area (Å²) in [5.74, 6) is 0.506. The summed E-state index contributed by atoms with van der Waals surface area (Å²) in [4.78, 5) is 20.9. The maximum Gasteiger partial charge on any atom is 0.336 e. The number of nitrogens with one attached hydrogen (secondary N) is 2. The van der Waals surface area contributed by atoms with Crippen LogP contribution >= 0.6 is 11.3 Å². The van der Waals surface area contributed by atoms with Gasteiger partial charge in [-0.3, -0.25) is 10.1 Å². The van der Waals surface area contributed by atoms with E-state index >= 15 is 0 Å². The molecule has 2 aromatic heterocycles. The summed E-state index contributed by atoms with van der Waals surface area (Å²) in [7, 11) is 1.46. The van der Waals surface area contributed by atoms with Crippen molar-refractivity contribution >= 4 is 23.2 Å². The zero-order valence-electron chi connectivity index (χ0n) is 9.64. The minimum absolute atomic E-state index is 0.192. The Labute approximate surface area is 107 Å². The van der Waals surface area contributed by atoms with E-state index in [1.54, 1.807) is 5.51 Å². The zero-order valence-corrected chi connectivity index (χ0v) is 10.5. The molecule has 2 N–H and O–H groups in total. The van der Waals surface area contributed by atoms with E-state index in [1.807, 2.05) is 0 Å². The molecule has 1 saturated carbocycles. The van der Waals surface area contributed by atoms with E-state index in [0.29, 0.717) is 10.8 Å². The number of H-pyrrole nitrogens is 1. The quantitative estimate of drug-likeness (QED) is 0.871. The summed E-state index contributed by atoms with van der Waals surface area (Å²) in [5, 5.41) is 8.98. The zero-order chi connectivity index (χ0) is 12.5. The fraction of sp³-hybridized carbons (Fsp3) is 0.400. The van der Waals surface area contributed by atoms with Gasteiger partial charge in [-0.05, 0) is 12.8 Å². The van der Waals surface area contributed by atoms with Crippen LogP contribution in [0.3, 0.4) is 0 Å². The molecule has 0 atom stereocenters. The van der Waals surface area contributed by atoms with Crippen molar-refractivity contribution < 1.29 is 9.53 Å². The minimum atomic E-state index is -0.210. The first kappa shape index (κ1) is 11.1. The SMILES string of the molecule is COc1n[nH]c(NC(=O)c2scnc2C2CC2)n1. The van der Waals surface area contributed by atoms with Gasteiger partial charge >= 0.3 is 6.01 Å². The molecule has 7 nitrogen and oxygen atoms in total. The number of carbonyl (C=O) groups is 1. The van der Waals surface area contributed by atoms with Crippen molar-refractivity contribution in [1.29, 1.82) is 0 Å². The fourth-order valence-corrected chi connectivity index (χ4v) is 2.40. The highest BCUT2D eigenvalue weighted by Gasteiger charge is 2.30. The Balaban J connectivity index is 1.75. The number of methoxy groups -OCH3 is 1. The van der Waals surface area contributed by atoms with Gasteiger partial charge in [-0.25, -0.2) is 10.1 Å². The summed E-state index contributed by atoms with van der Waals surface area (Å²) in [6.07, 6.45) is 2.22. The van der Waals surface area contributed by atoms with Crippen molar-refractivity contribution in [2.75, 3.05) is 12.4 Å². The maximum absolute atomic E-state index is 12.1. The van der Waals surface area contributed by atoms with Crippen molar-refractivity contribution in [3.8, 4) is 6.01 Å². The number of ether oxygens (including phenoxy) is 1. The molecule has 2 aromatic rings. The van der Waals surface area contributed by atoms with Crippen LogP contribution in [-0.4, -0.2) is 33.2 Å². The topological polar surface area (TPSA) is 92.8 Å². The van der Waals surface area contributed by atoms with Crippen LogP contribution in [0.4, 0.5) is 5.95 Å². The molecule has 0 saturated heterocycles. The van der Waals surface area contributed by atoms with E-state index in [1.165, 1.54) is 18.4 Å². The molecule has 1 aliphatic carbocycles. The number of carbonyl (C=O) groups excluding carboxylic acids is 1. The monoisotopic (exact) mass is 265 g/mol. The van der Waals surface area contributed by atoms with Crippen molar-refractivity contribution in [3.63, 3.8) is 0 Å². The highest BCUT2D eigenvalue weighted by atomic mass is 32.1. The van der Waals surface area contributed by atoms with Crippen LogP contribution in [0.15, 0.2) is 5.51 Å². The summed E-state index contributed by atoms with van der Waals surface area (Å²) in [6.45, 7) is 0. The molecule has 0 unspecified atom stereocenters. The summed E-state index contributed by atoms with van der Waals surface area (Å²) in [6, 6.07) is 0.192. The number of hydrogen-bond donors (Lipinski definition) is 2. The second-order valence-electron chi connectivity index (χ2n) is 3.97. The highest BCUT2D eigenvalue weighted by molar-refractivity contribution is 7.12. The Morgan fingerprint density at radius 2 is 2.44 bits per heavy atom. The molecular formula is C10H11N5O2S. The fourth-order valence-electron chi connectivity index (χ4n) is 1.63. The van der Waals surface area contributed by atoms with Gasteiger partial charge in [0.15, 0.2) is 0 Å². The number of aromatic amines is 1. The predicted molar refractivity (Wildman–Crippen MR) is 65.0 cm³/mol. The number of rotatable bonds is 4. The van der Waals surface area contributed by atoms with Gasteiger partial charge < -0.3 is 4.74 Å². The summed E-state index contributed by atoms with van der Waals surface area (Å²) >= 11 is 1.34. The van der Waals surface area contributed by atoms with Crippen LogP contribution in [0.5, 0.6) is 6.01 Å². The van der Waals surface area contributed by atoms with Crippen molar-refractivity contribution in [3.05, 3.63) is 16.1 Å². The molecule has 0 bridgehead atoms. The number of thiazole rings is 1. The van der Waals surface area contributed by atoms with E-state index in [9.17, 15) is 4.79 Å². The van der Waals surface area contributed by atoms with Gasteiger partial charge in [-0.15, -0.1) is 16.4 Å². The van der Waals surface area contributed by atoms with E-state index in [2.05, 4.69) is 25.5 Å². The Hall–Kier alpha value is -1.96. The number of anilines is 1. The second kappa shape index (κ2) is 4.37. The maximum atomic E-state index is 12.1. The third kappa shape index (κ3) is 2.06. The summed E-state index contributed by atoms with van der Waals surface area (Å²) < 4.78 is 4.82. The van der Waals surface area contributed by atoms with E-state index in [-0.39, 0.29) is 17.9 Å². The average molecular weight is 265 g/mol. The third-order valence-electron chi connectivity index (χ3n) is 2.64. The second-order valence-corrected chi connectivity index (χ2v) is 4.82. The van der Waals surface area contributed by atoms with Gasteiger partial charge in [0.05, 0.1) is 18.3 Å². The normalized spacial score (nSPS) is 14.5. The molecule has 2 heterocycles. The van der Waals surface area contributed by atoms with E-state index in [4.69, 9.17) is 4.74 Å². The van der Waals surface area contributed by atoms with Gasteiger partial charge in [-0.1, -0.05) is 0 Å². The van der Waals surface area contributed by atoms with Gasteiger partial charge in [0.25, 0.3) is 5.91 Å². The van der Waals surface area contributed by atoms with Crippen LogP contribution in [0.1, 0.15) is 34.1 Å². The molecule has 0 aliphatic heterocycles. The predicted octanol–water partition coefficient (Wildman–Crippen LogP) is 1.40. The Kier molecular flexibility index (Phi) is 2.71. The Morgan fingerprint density at radius 1 is 1.61 bits per heavy atom. The lowest BCUT2D eigenvalue weighted by atomic mass is 10.2. The highest BCUT2D eigenvalue weighted by Crippen LogP contribution is 2.41. The Bertz CT molecular complexity index is 574. The molecule has 3 rings (SSSR count). The van der Waals surface area contributed by atoms with Gasteiger partial charge in [-0.2, -0.15) is 4.98 Å². The van der Waals surface area contributed by atoms with Gasteiger partial charge in [0.2, 0.25) is 5.95 Å². The van der Waals surface area contributed by atoms with Crippen LogP contribution in [0, 0.1) is 0 Å². The molecular weight excluding hydrogens is 254 g/mol. The molecule has 1 aliphatic rings. The van der Waals surface area contributed by atoms with E-state index in [0.717, 1.165) is 18.5 Å². The standard InChI is InChI=1S/C10H11N5O2S/c1-17-10-13-9(14-15-10)12-8(16)7-6(5-2-3-5)11-4-18-7/h4-5H,2-3H2,1H3,(H2,12,13,14,15,16). The molecule has 18 heavy (non-hydrogen) atoms. The van der Waals surface area contributed by atoms with Crippen molar-refractivity contribution in [2.45, 2.75) is 18.8 Å². The lowest BCUT2D eigenvalue weighted by Gasteiger charge is -2.00. The molecule has 8 heteroatoms. The van der Waals surface area contributed by atoms with Gasteiger partial charge in [0, 0.05) is 5.92 Å². The molecule has 0 radical (unpaired) electrons. The van der Waals surface area contributed by atoms with Crippen molar-refractivity contribution in [1.82, 2.24) is 20.2 Å². The summed E-state index contributed by atoms with van der Waals surface area (Å²) in [5.41, 5.74) is 2.59. The van der Waals surface area contributed by atoms with Crippen molar-refractivity contribution in [2.24, 2.45) is 0 Å². The van der Waals surface area contributed by atoms with Gasteiger partial charge in [0.1, 0.15) is 4.88 Å².